The summed E-state index contributed by atoms with van der Waals surface area (Å²) in [7, 11) is 0. The molecule has 0 aromatic rings. The van der Waals surface area contributed by atoms with E-state index < -0.39 is 0 Å². The maximum atomic E-state index is 0. The summed E-state index contributed by atoms with van der Waals surface area (Å²) in [4.78, 5) is 0. The molecule has 0 fully saturated rings. The second kappa shape index (κ2) is 25.6. The molecular weight excluding hydrogens is 382 g/mol. The molecule has 5 heavy (non-hydrogen) atoms. The molecule has 0 saturated heterocycles. The molecule has 0 N–H and O–H groups in total. The van der Waals surface area contributed by atoms with Gasteiger partial charge in [0.05, 0.1) is 0 Å². The Hall–Kier alpha value is 3.60. The predicted molar refractivity (Wildman–Crippen MR) is 8.93 cm³/mol. The summed E-state index contributed by atoms with van der Waals surface area (Å²) in [5.74, 6) is 0. The van der Waals surface area contributed by atoms with Gasteiger partial charge in [0.2, 0.25) is 0 Å². The van der Waals surface area contributed by atoms with Gasteiger partial charge < -0.3 is 0 Å². The van der Waals surface area contributed by atoms with Gasteiger partial charge in [-0.1, -0.05) is 0 Å². The molecule has 0 aliphatic rings. The first kappa shape index (κ1) is 38.3. The van der Waals surface area contributed by atoms with Gasteiger partial charge in [-0.25, -0.2) is 0 Å². The normalized spacial score (nSPS) is 0. The van der Waals surface area contributed by atoms with Crippen molar-refractivity contribution in [2.24, 2.45) is 0 Å². The van der Waals surface area contributed by atoms with Crippen LogP contribution in [0, 0.1) is 41.7 Å². The monoisotopic (exact) mass is 381 g/mol. The Kier molecular flexibility index (Phi) is 196. The topological polar surface area (TPSA) is 0 Å². The second-order valence-electron chi connectivity index (χ2n) is 0. The Morgan fingerprint density at radius 3 is 1.00 bits per heavy atom. The minimum absolute atomic E-state index is 0. The number of halogens is 1. The zero-order valence-corrected chi connectivity index (χ0v) is 10.6. The van der Waals surface area contributed by atoms with Crippen molar-refractivity contribution in [1.29, 1.82) is 0 Å². The first-order chi connectivity index (χ1) is 0. The second-order valence-corrected chi connectivity index (χ2v) is 0. The van der Waals surface area contributed by atoms with Crippen LogP contribution in [0.3, 0.4) is 0 Å². The van der Waals surface area contributed by atoms with Gasteiger partial charge in [-0.3, -0.25) is 0 Å². The van der Waals surface area contributed by atoms with E-state index in [-0.39, 0.29) is 114 Å². The van der Waals surface area contributed by atoms with Crippen LogP contribution in [0.15, 0.2) is 0 Å². The van der Waals surface area contributed by atoms with Crippen LogP contribution in [0.4, 0.5) is 0 Å². The summed E-state index contributed by atoms with van der Waals surface area (Å²) in [6, 6.07) is 0. The van der Waals surface area contributed by atoms with Crippen LogP contribution >= 0.6 is 17.0 Å². The smallest absolute Gasteiger partial charge is 0 e. The average Bonchev–Trinajstić information content (AvgIpc) is 0. The third kappa shape index (κ3) is 18.4. The van der Waals surface area contributed by atoms with Crippen LogP contribution in [0.5, 0.6) is 0 Å². The van der Waals surface area contributed by atoms with Crippen molar-refractivity contribution < 1.29 is 97.3 Å². The molecule has 0 atom stereocenters. The van der Waals surface area contributed by atoms with Gasteiger partial charge >= 0.3 is 0 Å². The van der Waals surface area contributed by atoms with E-state index in [9.17, 15) is 0 Å². The summed E-state index contributed by atoms with van der Waals surface area (Å²) in [6.45, 7) is 0. The van der Waals surface area contributed by atoms with Gasteiger partial charge in [0.15, 0.2) is 0 Å². The van der Waals surface area contributed by atoms with Gasteiger partial charge in [-0.05, 0) is 0 Å². The zero-order valence-electron chi connectivity index (χ0n) is 2.09. The van der Waals surface area contributed by atoms with Crippen LogP contribution in [-0.4, -0.2) is 0 Å². The molecule has 0 aliphatic heterocycles. The van der Waals surface area contributed by atoms with Crippen LogP contribution in [0.25, 0.3) is 0 Å². The molecule has 3 radical (unpaired) electrons. The molecule has 0 aromatic heterocycles. The fourth-order valence-electron chi connectivity index (χ4n) is 0. The maximum Gasteiger partial charge on any atom is 0 e. The molecule has 0 spiro atoms. The van der Waals surface area contributed by atoms with E-state index in [0.717, 1.165) is 0 Å². The standard InChI is InChI=1S/Br.Ce.Co.Mn.Ti. The van der Waals surface area contributed by atoms with Crippen molar-refractivity contribution >= 4 is 17.0 Å². The van der Waals surface area contributed by atoms with Crippen LogP contribution in [0.1, 0.15) is 0 Å². The summed E-state index contributed by atoms with van der Waals surface area (Å²) in [5.41, 5.74) is 0. The molecule has 0 saturated carbocycles. The molecule has 31 valence electrons. The van der Waals surface area contributed by atoms with Crippen molar-refractivity contribution in [1.82, 2.24) is 0 Å². The van der Waals surface area contributed by atoms with Crippen molar-refractivity contribution in [3.05, 3.63) is 0 Å². The zero-order chi connectivity index (χ0) is 0. The average molecular weight is 382 g/mol. The summed E-state index contributed by atoms with van der Waals surface area (Å²) < 4.78 is 0. The van der Waals surface area contributed by atoms with Crippen LogP contribution in [0.2, 0.25) is 0 Å². The van der Waals surface area contributed by atoms with Crippen molar-refractivity contribution in [2.75, 3.05) is 0 Å². The molecule has 5 heteroatoms. The number of rotatable bonds is 0. The minimum Gasteiger partial charge on any atom is 0 e. The number of hydrogen-bond acceptors (Lipinski definition) is 0. The molecule has 0 unspecified atom stereocenters. The Bertz CT molecular complexity index is 11.6. The van der Waals surface area contributed by atoms with Crippen molar-refractivity contribution in [3.8, 4) is 0 Å². The molecule has 0 heterocycles. The quantitative estimate of drug-likeness (QED) is 0.546. The summed E-state index contributed by atoms with van der Waals surface area (Å²) in [5, 5.41) is 0. The molecule has 0 rings (SSSR count). The van der Waals surface area contributed by atoms with Crippen molar-refractivity contribution in [2.45, 2.75) is 0 Å². The molecular formula is BrCeCoMnTi. The SMILES string of the molecule is [Br].[Ce].[Co].[Mn].[Ti]. The molecule has 0 bridgehead atoms. The predicted octanol–water partition coefficient (Wildman–Crippen LogP) is 0.838. The van der Waals surface area contributed by atoms with E-state index in [0.29, 0.717) is 0 Å². The first-order valence-corrected chi connectivity index (χ1v) is 0. The largest absolute Gasteiger partial charge is 0 e. The van der Waals surface area contributed by atoms with Gasteiger partial charge in [-0.2, -0.15) is 0 Å². The third-order valence-corrected chi connectivity index (χ3v) is 0. The Balaban J connectivity index is 0. The third-order valence-electron chi connectivity index (χ3n) is 0. The van der Waals surface area contributed by atoms with E-state index in [4.69, 9.17) is 0 Å². The molecule has 0 amide bonds. The van der Waals surface area contributed by atoms with Gasteiger partial charge in [0.25, 0.3) is 0 Å². The van der Waals surface area contributed by atoms with Gasteiger partial charge in [0, 0.05) is 114 Å². The van der Waals surface area contributed by atoms with Gasteiger partial charge in [-0.15, -0.1) is 0 Å². The van der Waals surface area contributed by atoms with Crippen molar-refractivity contribution in [3.63, 3.8) is 0 Å². The first-order valence-electron chi connectivity index (χ1n) is 0. The van der Waals surface area contributed by atoms with Gasteiger partial charge in [0.1, 0.15) is 0 Å². The summed E-state index contributed by atoms with van der Waals surface area (Å²) >= 11 is 0. The maximum absolute atomic E-state index is 0. The minimum atomic E-state index is 0. The Labute approximate surface area is 112 Å². The van der Waals surface area contributed by atoms with E-state index in [2.05, 4.69) is 0 Å². The fraction of sp³-hybridized carbons (Fsp3) is 0. The van der Waals surface area contributed by atoms with E-state index in [1.54, 1.807) is 0 Å². The van der Waals surface area contributed by atoms with E-state index in [1.165, 1.54) is 0 Å². The Morgan fingerprint density at radius 1 is 1.00 bits per heavy atom. The van der Waals surface area contributed by atoms with Crippen LogP contribution in [-0.2, 0) is 55.6 Å². The van der Waals surface area contributed by atoms with E-state index in [1.807, 2.05) is 0 Å². The molecule has 0 nitrogen and oxygen atoms in total. The summed E-state index contributed by atoms with van der Waals surface area (Å²) in [6.07, 6.45) is 0. The van der Waals surface area contributed by atoms with E-state index >= 15 is 0 Å². The molecule has 0 aromatic carbocycles. The number of hydrogen-bond donors (Lipinski definition) is 0. The van der Waals surface area contributed by atoms with Crippen LogP contribution < -0.4 is 0 Å². The molecule has 0 aliphatic carbocycles. The Morgan fingerprint density at radius 2 is 1.00 bits per heavy atom. The fourth-order valence-corrected chi connectivity index (χ4v) is 0.